The second kappa shape index (κ2) is 7.42. The molecular formula is C28H39NO2. The van der Waals surface area contributed by atoms with Crippen LogP contribution in [0.3, 0.4) is 0 Å². The first-order valence-corrected chi connectivity index (χ1v) is 12.9. The Kier molecular flexibility index (Phi) is 4.89. The minimum atomic E-state index is -0.0988. The van der Waals surface area contributed by atoms with E-state index in [0.29, 0.717) is 17.6 Å². The summed E-state index contributed by atoms with van der Waals surface area (Å²) in [6, 6.07) is 11.2. The molecule has 31 heavy (non-hydrogen) atoms. The van der Waals surface area contributed by atoms with Crippen molar-refractivity contribution in [2.24, 2.45) is 28.6 Å². The average Bonchev–Trinajstić information content (AvgIpc) is 2.78. The molecule has 0 spiro atoms. The fourth-order valence-corrected chi connectivity index (χ4v) is 9.32. The van der Waals surface area contributed by atoms with Crippen LogP contribution in [-0.2, 0) is 14.9 Å². The van der Waals surface area contributed by atoms with Gasteiger partial charge in [-0.2, -0.15) is 0 Å². The van der Waals surface area contributed by atoms with Crippen molar-refractivity contribution in [1.82, 2.24) is 4.90 Å². The zero-order chi connectivity index (χ0) is 21.1. The van der Waals surface area contributed by atoms with Crippen LogP contribution in [0.5, 0.6) is 0 Å². The van der Waals surface area contributed by atoms with E-state index in [4.69, 9.17) is 4.74 Å². The molecule has 1 aromatic rings. The molecule has 7 fully saturated rings. The summed E-state index contributed by atoms with van der Waals surface area (Å²) in [6.07, 6.45) is 10.6. The molecule has 8 rings (SSSR count). The average molecular weight is 422 g/mol. The lowest BCUT2D eigenvalue weighted by Gasteiger charge is -2.66. The van der Waals surface area contributed by atoms with Gasteiger partial charge in [0.15, 0.2) is 0 Å². The standard InChI is InChI=1S/C28H39NO2/c1-2-31-20-26-13-21-14-27(17-26,24-6-4-3-5-7-24)19-28(15-21,18-26)25(30)12-23-16-29-10-8-22(23)9-11-29/h3-7,21-23H,2,8-20H2,1H3/t21?,23-,26+,27-,28?/m0/s1. The highest BCUT2D eigenvalue weighted by Gasteiger charge is 2.65. The Balaban J connectivity index is 1.32. The summed E-state index contributed by atoms with van der Waals surface area (Å²) in [5.74, 6) is 2.71. The predicted molar refractivity (Wildman–Crippen MR) is 123 cm³/mol. The molecule has 4 aliphatic carbocycles. The third-order valence-corrected chi connectivity index (χ3v) is 10.0. The Labute approximate surface area is 187 Å². The zero-order valence-electron chi connectivity index (χ0n) is 19.3. The summed E-state index contributed by atoms with van der Waals surface area (Å²) in [4.78, 5) is 16.8. The molecule has 0 N–H and O–H groups in total. The van der Waals surface area contributed by atoms with Crippen molar-refractivity contribution < 1.29 is 9.53 Å². The van der Waals surface area contributed by atoms with Crippen LogP contribution in [-0.4, -0.2) is 43.5 Å². The van der Waals surface area contributed by atoms with E-state index in [1.54, 1.807) is 0 Å². The highest BCUT2D eigenvalue weighted by molar-refractivity contribution is 5.86. The van der Waals surface area contributed by atoms with E-state index in [-0.39, 0.29) is 16.2 Å². The lowest BCUT2D eigenvalue weighted by atomic mass is 9.37. The van der Waals surface area contributed by atoms with Crippen molar-refractivity contribution in [3.8, 4) is 0 Å². The van der Waals surface area contributed by atoms with Crippen LogP contribution in [0.25, 0.3) is 0 Å². The predicted octanol–water partition coefficient (Wildman–Crippen LogP) is 5.23. The molecule has 7 aliphatic rings. The van der Waals surface area contributed by atoms with E-state index in [2.05, 4.69) is 42.2 Å². The molecule has 2 unspecified atom stereocenters. The van der Waals surface area contributed by atoms with E-state index >= 15 is 0 Å². The van der Waals surface area contributed by atoms with Crippen molar-refractivity contribution in [2.75, 3.05) is 32.8 Å². The van der Waals surface area contributed by atoms with Gasteiger partial charge in [-0.05, 0) is 106 Å². The molecule has 0 radical (unpaired) electrons. The Morgan fingerprint density at radius 1 is 1.06 bits per heavy atom. The Hall–Kier alpha value is -1.19. The van der Waals surface area contributed by atoms with Crippen molar-refractivity contribution in [1.29, 1.82) is 0 Å². The fraction of sp³-hybridized carbons (Fsp3) is 0.750. The molecule has 3 aliphatic heterocycles. The largest absolute Gasteiger partial charge is 0.381 e. The smallest absolute Gasteiger partial charge is 0.139 e. The molecule has 6 bridgehead atoms. The second-order valence-corrected chi connectivity index (χ2v) is 12.1. The number of carbonyl (C=O) groups excluding carboxylic acids is 1. The summed E-state index contributed by atoms with van der Waals surface area (Å²) in [7, 11) is 0. The van der Waals surface area contributed by atoms with Gasteiger partial charge in [-0.25, -0.2) is 0 Å². The summed E-state index contributed by atoms with van der Waals surface area (Å²) < 4.78 is 6.10. The maximum absolute atomic E-state index is 14.2. The number of benzene rings is 1. The van der Waals surface area contributed by atoms with E-state index in [9.17, 15) is 4.79 Å². The van der Waals surface area contributed by atoms with Gasteiger partial charge < -0.3 is 9.64 Å². The van der Waals surface area contributed by atoms with Crippen LogP contribution in [0.2, 0.25) is 0 Å². The minimum Gasteiger partial charge on any atom is -0.381 e. The third-order valence-electron chi connectivity index (χ3n) is 10.0. The van der Waals surface area contributed by atoms with Crippen molar-refractivity contribution in [3.05, 3.63) is 35.9 Å². The number of fused-ring (bicyclic) bond motifs is 3. The first-order chi connectivity index (χ1) is 15.0. The fourth-order valence-electron chi connectivity index (χ4n) is 9.32. The third kappa shape index (κ3) is 3.33. The van der Waals surface area contributed by atoms with Gasteiger partial charge in [0.2, 0.25) is 0 Å². The molecule has 0 amide bonds. The van der Waals surface area contributed by atoms with Crippen LogP contribution in [0.15, 0.2) is 30.3 Å². The topological polar surface area (TPSA) is 29.5 Å². The Bertz CT molecular complexity index is 831. The number of ketones is 1. The molecule has 0 aromatic heterocycles. The van der Waals surface area contributed by atoms with Gasteiger partial charge >= 0.3 is 0 Å². The van der Waals surface area contributed by atoms with Gasteiger partial charge in [0.1, 0.15) is 5.78 Å². The first kappa shape index (κ1) is 20.4. The molecule has 3 heteroatoms. The second-order valence-electron chi connectivity index (χ2n) is 12.1. The number of piperidine rings is 3. The Morgan fingerprint density at radius 2 is 1.87 bits per heavy atom. The maximum Gasteiger partial charge on any atom is 0.139 e. The van der Waals surface area contributed by atoms with Gasteiger partial charge in [-0.1, -0.05) is 30.3 Å². The minimum absolute atomic E-state index is 0.0988. The van der Waals surface area contributed by atoms with Gasteiger partial charge in [0.05, 0.1) is 6.61 Å². The molecular weight excluding hydrogens is 382 g/mol. The highest BCUT2D eigenvalue weighted by atomic mass is 16.5. The van der Waals surface area contributed by atoms with E-state index in [1.807, 2.05) is 0 Å². The van der Waals surface area contributed by atoms with Crippen LogP contribution in [0, 0.1) is 28.6 Å². The molecule has 3 nitrogen and oxygen atoms in total. The normalized spacial score (nSPS) is 45.2. The van der Waals surface area contributed by atoms with Gasteiger partial charge in [-0.15, -0.1) is 0 Å². The zero-order valence-corrected chi connectivity index (χ0v) is 19.3. The van der Waals surface area contributed by atoms with Crippen LogP contribution in [0.1, 0.15) is 70.3 Å². The number of Topliss-reactive ketones (excluding diaryl/α,β-unsaturated/α-hetero) is 1. The number of nitrogens with zero attached hydrogens (tertiary/aromatic N) is 1. The summed E-state index contributed by atoms with van der Waals surface area (Å²) >= 11 is 0. The SMILES string of the molecule is CCOC[C@@]12CC3CC(C(=O)C[C@H]4CN5CCC4CC5)(C1)C[C@](c1ccccc1)(C3)C2. The van der Waals surface area contributed by atoms with Gasteiger partial charge in [0.25, 0.3) is 0 Å². The van der Waals surface area contributed by atoms with Crippen LogP contribution < -0.4 is 0 Å². The molecule has 5 atom stereocenters. The number of hydrogen-bond acceptors (Lipinski definition) is 3. The number of carbonyl (C=O) groups is 1. The summed E-state index contributed by atoms with van der Waals surface area (Å²) in [5, 5.41) is 0. The monoisotopic (exact) mass is 421 g/mol. The van der Waals surface area contributed by atoms with E-state index in [0.717, 1.165) is 44.8 Å². The lowest BCUT2D eigenvalue weighted by Crippen LogP contribution is -2.62. The number of rotatable bonds is 7. The van der Waals surface area contributed by atoms with E-state index < -0.39 is 0 Å². The molecule has 3 heterocycles. The van der Waals surface area contributed by atoms with Crippen molar-refractivity contribution >= 4 is 5.78 Å². The highest BCUT2D eigenvalue weighted by Crippen LogP contribution is 2.70. The number of ether oxygens (including phenoxy) is 1. The van der Waals surface area contributed by atoms with Crippen molar-refractivity contribution in [3.63, 3.8) is 0 Å². The molecule has 1 aromatic carbocycles. The van der Waals surface area contributed by atoms with Gasteiger partial charge in [-0.3, -0.25) is 4.79 Å². The van der Waals surface area contributed by atoms with E-state index in [1.165, 1.54) is 57.3 Å². The first-order valence-electron chi connectivity index (χ1n) is 12.9. The molecule has 3 saturated heterocycles. The summed E-state index contributed by atoms with van der Waals surface area (Å²) in [5.41, 5.74) is 1.77. The molecule has 4 saturated carbocycles. The van der Waals surface area contributed by atoms with Crippen molar-refractivity contribution in [2.45, 2.75) is 70.1 Å². The molecule has 168 valence electrons. The maximum atomic E-state index is 14.2. The van der Waals surface area contributed by atoms with Crippen LogP contribution >= 0.6 is 0 Å². The Morgan fingerprint density at radius 3 is 2.58 bits per heavy atom. The number of hydrogen-bond donors (Lipinski definition) is 0. The van der Waals surface area contributed by atoms with Gasteiger partial charge in [0, 0.05) is 25.0 Å². The van der Waals surface area contributed by atoms with Crippen LogP contribution in [0.4, 0.5) is 0 Å². The lowest BCUT2D eigenvalue weighted by molar-refractivity contribution is -0.172. The quantitative estimate of drug-likeness (QED) is 0.604. The summed E-state index contributed by atoms with van der Waals surface area (Å²) in [6.45, 7) is 7.44.